The summed E-state index contributed by atoms with van der Waals surface area (Å²) in [5.74, 6) is 0.580. The van der Waals surface area contributed by atoms with Crippen LogP contribution in [0.4, 0.5) is 13.2 Å². The lowest BCUT2D eigenvalue weighted by Gasteiger charge is -2.11. The number of thioether (sulfide) groups is 1. The van der Waals surface area contributed by atoms with E-state index in [1.165, 1.54) is 28.8 Å². The summed E-state index contributed by atoms with van der Waals surface area (Å²) in [5, 5.41) is 0. The van der Waals surface area contributed by atoms with Crippen molar-refractivity contribution in [3.63, 3.8) is 0 Å². The molecule has 3 rings (SSSR count). The Balaban J connectivity index is 1.50. The second-order valence-electron chi connectivity index (χ2n) is 6.03. The zero-order valence-corrected chi connectivity index (χ0v) is 16.9. The number of hydrogen-bond acceptors (Lipinski definition) is 5. The summed E-state index contributed by atoms with van der Waals surface area (Å²) in [5.41, 5.74) is 0.0676. The average molecular weight is 439 g/mol. The van der Waals surface area contributed by atoms with Crippen LogP contribution in [0.1, 0.15) is 11.1 Å². The lowest BCUT2D eigenvalue weighted by atomic mass is 10.2. The monoisotopic (exact) mass is 439 g/mol. The highest BCUT2D eigenvalue weighted by molar-refractivity contribution is 8.26. The fourth-order valence-electron chi connectivity index (χ4n) is 2.44. The second kappa shape index (κ2) is 8.87. The maximum atomic E-state index is 12.7. The predicted octanol–water partition coefficient (Wildman–Crippen LogP) is 4.99. The van der Waals surface area contributed by atoms with Gasteiger partial charge in [-0.1, -0.05) is 42.2 Å². The first-order valence-electron chi connectivity index (χ1n) is 8.48. The molecule has 0 radical (unpaired) electrons. The Kier molecular flexibility index (Phi) is 6.49. The van der Waals surface area contributed by atoms with Crippen molar-refractivity contribution in [1.82, 2.24) is 4.90 Å². The topological polar surface area (TPSA) is 38.8 Å². The Morgan fingerprint density at radius 2 is 1.72 bits per heavy atom. The van der Waals surface area contributed by atoms with Crippen molar-refractivity contribution < 1.29 is 27.4 Å². The van der Waals surface area contributed by atoms with Gasteiger partial charge in [0.15, 0.2) is 0 Å². The van der Waals surface area contributed by atoms with E-state index >= 15 is 0 Å². The molecule has 1 heterocycles. The third-order valence-electron chi connectivity index (χ3n) is 3.95. The number of alkyl halides is 3. The van der Waals surface area contributed by atoms with Crippen LogP contribution in [-0.4, -0.2) is 35.4 Å². The molecule has 1 aliphatic rings. The maximum Gasteiger partial charge on any atom is 0.416 e. The summed E-state index contributed by atoms with van der Waals surface area (Å²) in [6.07, 6.45) is -2.65. The smallest absolute Gasteiger partial charge is 0.416 e. The lowest BCUT2D eigenvalue weighted by Crippen LogP contribution is -2.22. The van der Waals surface area contributed by atoms with Crippen LogP contribution in [0.3, 0.4) is 0 Å². The molecule has 2 aromatic carbocycles. The SMILES string of the molecule is CN1C(=O)/C(=C/c2ccc(OCCOc3cccc(C(F)(F)F)c3)cc2)SC1=S. The number of benzene rings is 2. The molecule has 1 fully saturated rings. The molecule has 0 N–H and O–H groups in total. The van der Waals surface area contributed by atoms with E-state index in [1.54, 1.807) is 37.4 Å². The quantitative estimate of drug-likeness (QED) is 0.360. The largest absolute Gasteiger partial charge is 0.490 e. The Hall–Kier alpha value is -2.52. The molecule has 0 saturated carbocycles. The van der Waals surface area contributed by atoms with Crippen molar-refractivity contribution in [2.75, 3.05) is 20.3 Å². The fourth-order valence-corrected chi connectivity index (χ4v) is 3.62. The van der Waals surface area contributed by atoms with E-state index in [0.29, 0.717) is 15.0 Å². The summed E-state index contributed by atoms with van der Waals surface area (Å²) in [7, 11) is 1.64. The van der Waals surface area contributed by atoms with Gasteiger partial charge in [-0.3, -0.25) is 9.69 Å². The number of halogens is 3. The van der Waals surface area contributed by atoms with Crippen LogP contribution in [0.15, 0.2) is 53.4 Å². The molecule has 0 atom stereocenters. The van der Waals surface area contributed by atoms with Crippen molar-refractivity contribution >= 4 is 40.3 Å². The van der Waals surface area contributed by atoms with Gasteiger partial charge in [0.25, 0.3) is 5.91 Å². The minimum absolute atomic E-state index is 0.0992. The number of carbonyl (C=O) groups excluding carboxylic acids is 1. The van der Waals surface area contributed by atoms with Crippen LogP contribution in [-0.2, 0) is 11.0 Å². The second-order valence-corrected chi connectivity index (χ2v) is 7.71. The Morgan fingerprint density at radius 1 is 1.07 bits per heavy atom. The molecule has 0 spiro atoms. The number of carbonyl (C=O) groups is 1. The zero-order valence-electron chi connectivity index (χ0n) is 15.2. The standard InChI is InChI=1S/C20H16F3NO3S2/c1-24-18(25)17(29-19(24)28)11-13-5-7-15(8-6-13)26-9-10-27-16-4-2-3-14(12-16)20(21,22)23/h2-8,11-12H,9-10H2,1H3/b17-11-. The van der Waals surface area contributed by atoms with Crippen LogP contribution in [0.5, 0.6) is 11.5 Å². The van der Waals surface area contributed by atoms with E-state index in [2.05, 4.69) is 0 Å². The van der Waals surface area contributed by atoms with E-state index < -0.39 is 11.7 Å². The maximum absolute atomic E-state index is 12.7. The zero-order chi connectivity index (χ0) is 21.0. The van der Waals surface area contributed by atoms with Gasteiger partial charge in [0, 0.05) is 7.05 Å². The Morgan fingerprint density at radius 3 is 2.31 bits per heavy atom. The minimum Gasteiger partial charge on any atom is -0.490 e. The predicted molar refractivity (Wildman–Crippen MR) is 110 cm³/mol. The average Bonchev–Trinajstić information content (AvgIpc) is 2.93. The first-order valence-corrected chi connectivity index (χ1v) is 9.71. The van der Waals surface area contributed by atoms with Crippen molar-refractivity contribution in [3.8, 4) is 11.5 Å². The molecule has 2 aromatic rings. The Bertz CT molecular complexity index is 943. The van der Waals surface area contributed by atoms with Crippen LogP contribution < -0.4 is 9.47 Å². The summed E-state index contributed by atoms with van der Waals surface area (Å²) in [6, 6.07) is 11.8. The molecule has 1 amide bonds. The molecule has 0 unspecified atom stereocenters. The summed E-state index contributed by atoms with van der Waals surface area (Å²) < 4.78 is 49.4. The molecule has 1 saturated heterocycles. The molecular weight excluding hydrogens is 423 g/mol. The highest BCUT2D eigenvalue weighted by atomic mass is 32.2. The van der Waals surface area contributed by atoms with Gasteiger partial charge in [-0.25, -0.2) is 0 Å². The van der Waals surface area contributed by atoms with Crippen molar-refractivity contribution in [3.05, 3.63) is 64.6 Å². The molecule has 1 aliphatic heterocycles. The molecule has 4 nitrogen and oxygen atoms in total. The molecule has 0 aliphatic carbocycles. The summed E-state index contributed by atoms with van der Waals surface area (Å²) in [4.78, 5) is 14.0. The number of nitrogens with zero attached hydrogens (tertiary/aromatic N) is 1. The number of hydrogen-bond donors (Lipinski definition) is 0. The van der Waals surface area contributed by atoms with Gasteiger partial charge in [0.2, 0.25) is 0 Å². The van der Waals surface area contributed by atoms with Crippen molar-refractivity contribution in [2.24, 2.45) is 0 Å². The number of thiocarbonyl (C=S) groups is 1. The van der Waals surface area contributed by atoms with Crippen molar-refractivity contribution in [2.45, 2.75) is 6.18 Å². The normalized spacial score (nSPS) is 15.9. The van der Waals surface area contributed by atoms with Gasteiger partial charge in [0.1, 0.15) is 29.0 Å². The van der Waals surface area contributed by atoms with E-state index in [1.807, 2.05) is 0 Å². The van der Waals surface area contributed by atoms with Crippen LogP contribution in [0, 0.1) is 0 Å². The van der Waals surface area contributed by atoms with Gasteiger partial charge in [-0.05, 0) is 42.0 Å². The van der Waals surface area contributed by atoms with Crippen molar-refractivity contribution in [1.29, 1.82) is 0 Å². The number of ether oxygens (including phenoxy) is 2. The minimum atomic E-state index is -4.41. The molecular formula is C20H16F3NO3S2. The fraction of sp³-hybridized carbons (Fsp3) is 0.200. The first kappa shape index (κ1) is 21.2. The van der Waals surface area contributed by atoms with Gasteiger partial charge in [-0.2, -0.15) is 13.2 Å². The highest BCUT2D eigenvalue weighted by Gasteiger charge is 2.30. The molecule has 9 heteroatoms. The van der Waals surface area contributed by atoms with E-state index in [9.17, 15) is 18.0 Å². The van der Waals surface area contributed by atoms with Gasteiger partial charge < -0.3 is 9.47 Å². The van der Waals surface area contributed by atoms with Gasteiger partial charge in [0.05, 0.1) is 10.5 Å². The van der Waals surface area contributed by atoms with Crippen LogP contribution in [0.2, 0.25) is 0 Å². The summed E-state index contributed by atoms with van der Waals surface area (Å²) >= 11 is 6.34. The van der Waals surface area contributed by atoms with Gasteiger partial charge in [-0.15, -0.1) is 0 Å². The number of amides is 1. The first-order chi connectivity index (χ1) is 13.7. The molecule has 152 valence electrons. The number of rotatable bonds is 6. The molecule has 29 heavy (non-hydrogen) atoms. The number of likely N-dealkylation sites (N-methyl/N-ethyl adjacent to an activating group) is 1. The van der Waals surface area contributed by atoms with E-state index in [-0.39, 0.29) is 24.9 Å². The van der Waals surface area contributed by atoms with Crippen LogP contribution in [0.25, 0.3) is 6.08 Å². The summed E-state index contributed by atoms with van der Waals surface area (Å²) in [6.45, 7) is 0.270. The van der Waals surface area contributed by atoms with E-state index in [4.69, 9.17) is 21.7 Å². The highest BCUT2D eigenvalue weighted by Crippen LogP contribution is 2.32. The molecule has 0 aromatic heterocycles. The van der Waals surface area contributed by atoms with E-state index in [0.717, 1.165) is 17.7 Å². The van der Waals surface area contributed by atoms with Crippen LogP contribution >= 0.6 is 24.0 Å². The lowest BCUT2D eigenvalue weighted by molar-refractivity contribution is -0.137. The van der Waals surface area contributed by atoms with Gasteiger partial charge >= 0.3 is 6.18 Å². The third-order valence-corrected chi connectivity index (χ3v) is 5.43. The third kappa shape index (κ3) is 5.51. The Labute approximate surface area is 175 Å². The molecule has 0 bridgehead atoms.